The number of rotatable bonds is 3. The topological polar surface area (TPSA) is 17.8 Å². The van der Waals surface area contributed by atoms with Crippen molar-refractivity contribution >= 4 is 42.7 Å². The summed E-state index contributed by atoms with van der Waals surface area (Å²) in [6.07, 6.45) is 1.89. The molecule has 7 aromatic rings. The third-order valence-electron chi connectivity index (χ3n) is 6.44. The molecule has 160 valence electrons. The van der Waals surface area contributed by atoms with Crippen molar-refractivity contribution in [3.8, 4) is 27.9 Å². The first-order chi connectivity index (χ1) is 16.9. The van der Waals surface area contributed by atoms with Crippen molar-refractivity contribution in [3.63, 3.8) is 0 Å². The van der Waals surface area contributed by atoms with Crippen LogP contribution in [0, 0.1) is 0 Å². The Morgan fingerprint density at radius 1 is 0.559 bits per heavy atom. The van der Waals surface area contributed by atoms with Crippen LogP contribution in [0.15, 0.2) is 121 Å². The second-order valence-electron chi connectivity index (χ2n) is 8.49. The van der Waals surface area contributed by atoms with Crippen LogP contribution in [0.25, 0.3) is 59.3 Å². The molecule has 4 aromatic carbocycles. The molecule has 0 radical (unpaired) electrons. The van der Waals surface area contributed by atoms with Crippen LogP contribution in [0.5, 0.6) is 0 Å². The van der Waals surface area contributed by atoms with Gasteiger partial charge in [0.1, 0.15) is 10.5 Å². The second-order valence-corrected chi connectivity index (χ2v) is 9.52. The molecule has 3 heteroatoms. The predicted octanol–water partition coefficient (Wildman–Crippen LogP) is 8.73. The van der Waals surface area contributed by atoms with Gasteiger partial charge in [0.05, 0.1) is 0 Å². The third-order valence-corrected chi connectivity index (χ3v) is 7.59. The lowest BCUT2D eigenvalue weighted by Gasteiger charge is -2.13. The fourth-order valence-electron chi connectivity index (χ4n) is 4.89. The zero-order valence-corrected chi connectivity index (χ0v) is 19.2. The van der Waals surface area contributed by atoms with Gasteiger partial charge in [0, 0.05) is 32.7 Å². The predicted molar refractivity (Wildman–Crippen MR) is 145 cm³/mol. The number of thiophene rings is 1. The maximum atomic E-state index is 4.85. The average Bonchev–Trinajstić information content (AvgIpc) is 3.44. The molecule has 0 aliphatic heterocycles. The minimum Gasteiger partial charge on any atom is -0.285 e. The number of hydrogen-bond donors (Lipinski definition) is 0. The van der Waals surface area contributed by atoms with Crippen molar-refractivity contribution in [2.45, 2.75) is 0 Å². The molecule has 0 fully saturated rings. The van der Waals surface area contributed by atoms with Gasteiger partial charge in [-0.25, -0.2) is 4.98 Å². The maximum Gasteiger partial charge on any atom is 0.146 e. The summed E-state index contributed by atoms with van der Waals surface area (Å²) >= 11 is 1.84. The van der Waals surface area contributed by atoms with Crippen molar-refractivity contribution in [1.82, 2.24) is 9.55 Å². The Kier molecular flexibility index (Phi) is 4.36. The zero-order valence-electron chi connectivity index (χ0n) is 18.3. The van der Waals surface area contributed by atoms with Gasteiger partial charge >= 0.3 is 0 Å². The molecule has 7 rings (SSSR count). The first kappa shape index (κ1) is 19.3. The van der Waals surface area contributed by atoms with Crippen LogP contribution < -0.4 is 0 Å². The Balaban J connectivity index is 1.59. The lowest BCUT2D eigenvalue weighted by atomic mass is 9.98. The van der Waals surface area contributed by atoms with Crippen molar-refractivity contribution < 1.29 is 0 Å². The van der Waals surface area contributed by atoms with E-state index in [0.717, 1.165) is 11.3 Å². The van der Waals surface area contributed by atoms with Gasteiger partial charge in [0.25, 0.3) is 0 Å². The number of fused-ring (bicyclic) bond motifs is 5. The summed E-state index contributed by atoms with van der Waals surface area (Å²) < 4.78 is 3.64. The Bertz CT molecular complexity index is 1740. The van der Waals surface area contributed by atoms with Gasteiger partial charge in [-0.2, -0.15) is 0 Å². The van der Waals surface area contributed by atoms with Crippen LogP contribution in [-0.2, 0) is 0 Å². The van der Waals surface area contributed by atoms with E-state index in [4.69, 9.17) is 4.98 Å². The highest BCUT2D eigenvalue weighted by atomic mass is 32.1. The molecular weight excluding hydrogens is 432 g/mol. The summed E-state index contributed by atoms with van der Waals surface area (Å²) in [5.74, 6) is 0. The molecule has 0 spiro atoms. The molecule has 0 N–H and O–H groups in total. The zero-order chi connectivity index (χ0) is 22.5. The Labute approximate surface area is 201 Å². The van der Waals surface area contributed by atoms with Crippen LogP contribution in [0.4, 0.5) is 0 Å². The first-order valence-electron chi connectivity index (χ1n) is 11.4. The second kappa shape index (κ2) is 7.68. The van der Waals surface area contributed by atoms with Gasteiger partial charge in [-0.15, -0.1) is 11.3 Å². The highest BCUT2D eigenvalue weighted by Crippen LogP contribution is 2.42. The van der Waals surface area contributed by atoms with E-state index < -0.39 is 0 Å². The SMILES string of the molecule is c1ccc(-c2cc(-c3ccccc3)cc(-n3c4ncccc4c4c5ccccc5sc43)c2)cc1. The maximum absolute atomic E-state index is 4.85. The molecule has 0 saturated carbocycles. The number of hydrogen-bond acceptors (Lipinski definition) is 2. The number of aromatic nitrogens is 2. The number of benzene rings is 4. The normalized spacial score (nSPS) is 11.5. The molecule has 0 amide bonds. The van der Waals surface area contributed by atoms with Gasteiger partial charge in [0.2, 0.25) is 0 Å². The molecule has 34 heavy (non-hydrogen) atoms. The third kappa shape index (κ3) is 2.98. The molecule has 0 saturated heterocycles. The average molecular weight is 453 g/mol. The molecular formula is C31H20N2S. The molecule has 0 atom stereocenters. The van der Waals surface area contributed by atoms with E-state index in [0.29, 0.717) is 0 Å². The van der Waals surface area contributed by atoms with Crippen LogP contribution in [0.3, 0.4) is 0 Å². The van der Waals surface area contributed by atoms with Crippen LogP contribution in [-0.4, -0.2) is 9.55 Å². The van der Waals surface area contributed by atoms with Crippen LogP contribution in [0.1, 0.15) is 0 Å². The lowest BCUT2D eigenvalue weighted by molar-refractivity contribution is 1.15. The van der Waals surface area contributed by atoms with E-state index >= 15 is 0 Å². The Morgan fingerprint density at radius 3 is 1.88 bits per heavy atom. The van der Waals surface area contributed by atoms with E-state index in [1.807, 2.05) is 23.6 Å². The lowest BCUT2D eigenvalue weighted by Crippen LogP contribution is -1.96. The summed E-state index contributed by atoms with van der Waals surface area (Å²) in [5, 5.41) is 3.78. The van der Waals surface area contributed by atoms with E-state index in [9.17, 15) is 0 Å². The van der Waals surface area contributed by atoms with Crippen molar-refractivity contribution in [2.75, 3.05) is 0 Å². The minimum absolute atomic E-state index is 0.999. The summed E-state index contributed by atoms with van der Waals surface area (Å²) in [6, 6.07) is 41.0. The van der Waals surface area contributed by atoms with Gasteiger partial charge < -0.3 is 0 Å². The standard InChI is InChI=1S/C31H20N2S/c1-3-10-21(11-4-1)23-18-24(22-12-5-2-6-13-22)20-25(19-23)33-30-27(15-9-17-32-30)29-26-14-7-8-16-28(26)34-31(29)33/h1-20H. The van der Waals surface area contributed by atoms with Crippen LogP contribution in [0.2, 0.25) is 0 Å². The molecule has 0 bridgehead atoms. The van der Waals surface area contributed by atoms with E-state index in [-0.39, 0.29) is 0 Å². The van der Waals surface area contributed by atoms with Crippen LogP contribution >= 0.6 is 11.3 Å². The highest BCUT2D eigenvalue weighted by molar-refractivity contribution is 7.25. The largest absolute Gasteiger partial charge is 0.285 e. The fourth-order valence-corrected chi connectivity index (χ4v) is 6.13. The molecule has 0 aliphatic rings. The summed E-state index contributed by atoms with van der Waals surface area (Å²) in [6.45, 7) is 0. The quantitative estimate of drug-likeness (QED) is 0.262. The van der Waals surface area contributed by atoms with Gasteiger partial charge in [-0.3, -0.25) is 4.57 Å². The fraction of sp³-hybridized carbons (Fsp3) is 0. The smallest absolute Gasteiger partial charge is 0.146 e. The molecule has 0 unspecified atom stereocenters. The van der Waals surface area contributed by atoms with E-state index in [1.54, 1.807) is 0 Å². The first-order valence-corrected chi connectivity index (χ1v) is 12.2. The van der Waals surface area contributed by atoms with Gasteiger partial charge in [0.15, 0.2) is 0 Å². The number of pyridine rings is 1. The molecule has 3 heterocycles. The monoisotopic (exact) mass is 452 g/mol. The summed E-state index contributed by atoms with van der Waals surface area (Å²) in [5.41, 5.74) is 6.94. The van der Waals surface area contributed by atoms with Crippen molar-refractivity contribution in [2.24, 2.45) is 0 Å². The Morgan fingerprint density at radius 2 is 1.18 bits per heavy atom. The summed E-state index contributed by atoms with van der Waals surface area (Å²) in [7, 11) is 0. The van der Waals surface area contributed by atoms with Gasteiger partial charge in [-0.1, -0.05) is 78.9 Å². The van der Waals surface area contributed by atoms with E-state index in [2.05, 4.69) is 114 Å². The number of nitrogens with zero attached hydrogens (tertiary/aromatic N) is 2. The minimum atomic E-state index is 0.999. The molecule has 2 nitrogen and oxygen atoms in total. The van der Waals surface area contributed by atoms with Crippen molar-refractivity contribution in [3.05, 3.63) is 121 Å². The molecule has 0 aliphatic carbocycles. The van der Waals surface area contributed by atoms with E-state index in [1.165, 1.54) is 47.9 Å². The Hall–Kier alpha value is -4.21. The molecule has 3 aromatic heterocycles. The van der Waals surface area contributed by atoms with Crippen molar-refractivity contribution in [1.29, 1.82) is 0 Å². The summed E-state index contributed by atoms with van der Waals surface area (Å²) in [4.78, 5) is 6.08. The highest BCUT2D eigenvalue weighted by Gasteiger charge is 2.19. The van der Waals surface area contributed by atoms with Gasteiger partial charge in [-0.05, 0) is 58.7 Å².